The monoisotopic (exact) mass is 468 g/mol. The summed E-state index contributed by atoms with van der Waals surface area (Å²) >= 11 is 0. The Balaban J connectivity index is 1.98. The maximum absolute atomic E-state index is 6.81. The molecule has 0 amide bonds. The van der Waals surface area contributed by atoms with Crippen molar-refractivity contribution in [3.8, 4) is 0 Å². The first kappa shape index (κ1) is 27.8. The summed E-state index contributed by atoms with van der Waals surface area (Å²) in [5.41, 5.74) is 0. The van der Waals surface area contributed by atoms with Gasteiger partial charge in [-0.05, 0) is 23.2 Å². The summed E-state index contributed by atoms with van der Waals surface area (Å²) in [4.78, 5) is 0. The van der Waals surface area contributed by atoms with Gasteiger partial charge >= 0.3 is 8.56 Å². The molecule has 0 aliphatic carbocycles. The Hall–Kier alpha value is -1.42. The molecule has 0 spiro atoms. The number of rotatable bonds is 20. The van der Waals surface area contributed by atoms with Gasteiger partial charge in [0, 0.05) is 13.2 Å². The Kier molecular flexibility index (Phi) is 15.2. The highest BCUT2D eigenvalue weighted by atomic mass is 28.4. The van der Waals surface area contributed by atoms with Gasteiger partial charge in [-0.2, -0.15) is 0 Å². The number of unbranched alkanes of at least 4 members (excludes halogenated alkanes) is 12. The number of hydrogen-bond acceptors (Lipinski definition) is 2. The molecule has 33 heavy (non-hydrogen) atoms. The highest BCUT2D eigenvalue weighted by Gasteiger charge is 2.42. The first-order chi connectivity index (χ1) is 16.3. The molecule has 0 N–H and O–H groups in total. The molecule has 0 atom stereocenters. The van der Waals surface area contributed by atoms with Crippen LogP contribution in [0.4, 0.5) is 0 Å². The molecule has 184 valence electrons. The first-order valence-corrected chi connectivity index (χ1v) is 15.5. The van der Waals surface area contributed by atoms with Gasteiger partial charge in [-0.3, -0.25) is 0 Å². The average Bonchev–Trinajstić information content (AvgIpc) is 2.87. The maximum atomic E-state index is 6.81. The third kappa shape index (κ3) is 10.6. The smallest absolute Gasteiger partial charge is 0.388 e. The van der Waals surface area contributed by atoms with E-state index in [2.05, 4.69) is 74.5 Å². The van der Waals surface area contributed by atoms with Crippen LogP contribution in [-0.2, 0) is 8.85 Å². The summed E-state index contributed by atoms with van der Waals surface area (Å²) in [7, 11) is -2.71. The van der Waals surface area contributed by atoms with Crippen molar-refractivity contribution < 1.29 is 8.85 Å². The molecule has 2 nitrogen and oxygen atoms in total. The van der Waals surface area contributed by atoms with Gasteiger partial charge in [0.15, 0.2) is 0 Å². The second-order valence-corrected chi connectivity index (χ2v) is 12.3. The zero-order chi connectivity index (χ0) is 23.5. The van der Waals surface area contributed by atoms with Crippen LogP contribution in [0.2, 0.25) is 0 Å². The molecule has 0 aromatic heterocycles. The normalized spacial score (nSPS) is 11.7. The summed E-state index contributed by atoms with van der Waals surface area (Å²) in [6, 6.07) is 21.5. The Morgan fingerprint density at radius 2 is 0.788 bits per heavy atom. The quantitative estimate of drug-likeness (QED) is 0.146. The lowest BCUT2D eigenvalue weighted by Crippen LogP contribution is -2.63. The lowest BCUT2D eigenvalue weighted by Gasteiger charge is -2.31. The van der Waals surface area contributed by atoms with Crippen molar-refractivity contribution >= 4 is 18.9 Å². The van der Waals surface area contributed by atoms with Crippen LogP contribution < -0.4 is 10.4 Å². The van der Waals surface area contributed by atoms with E-state index >= 15 is 0 Å². The second kappa shape index (κ2) is 18.0. The van der Waals surface area contributed by atoms with Crippen LogP contribution in [0, 0.1) is 0 Å². The third-order valence-corrected chi connectivity index (χ3v) is 9.82. The van der Waals surface area contributed by atoms with Crippen molar-refractivity contribution in [1.29, 1.82) is 0 Å². The molecule has 3 heteroatoms. The van der Waals surface area contributed by atoms with E-state index in [1.807, 2.05) is 0 Å². The molecule has 2 rings (SSSR count). The van der Waals surface area contributed by atoms with Gasteiger partial charge in [0.25, 0.3) is 0 Å². The van der Waals surface area contributed by atoms with Crippen molar-refractivity contribution in [3.05, 3.63) is 60.7 Å². The van der Waals surface area contributed by atoms with Gasteiger partial charge in [0.2, 0.25) is 0 Å². The SMILES string of the molecule is CCCCCCCCCCO[Si](OCCCCCCCC)(c1ccccc1)c1ccccc1. The Morgan fingerprint density at radius 1 is 0.455 bits per heavy atom. The first-order valence-electron chi connectivity index (χ1n) is 13.7. The highest BCUT2D eigenvalue weighted by Crippen LogP contribution is 2.15. The molecule has 0 bridgehead atoms. The molecule has 0 radical (unpaired) electrons. The summed E-state index contributed by atoms with van der Waals surface area (Å²) in [5, 5.41) is 2.45. The molecule has 0 fully saturated rings. The molecule has 0 aliphatic rings. The average molecular weight is 469 g/mol. The molecular formula is C30H48O2Si. The van der Waals surface area contributed by atoms with Gasteiger partial charge < -0.3 is 8.85 Å². The predicted molar refractivity (Wildman–Crippen MR) is 146 cm³/mol. The van der Waals surface area contributed by atoms with Crippen molar-refractivity contribution in [2.75, 3.05) is 13.2 Å². The van der Waals surface area contributed by atoms with E-state index in [4.69, 9.17) is 8.85 Å². The van der Waals surface area contributed by atoms with Gasteiger partial charge in [0.1, 0.15) is 0 Å². The molecule has 0 aliphatic heterocycles. The van der Waals surface area contributed by atoms with Gasteiger partial charge in [-0.15, -0.1) is 0 Å². The molecule has 0 saturated carbocycles. The fourth-order valence-electron chi connectivity index (χ4n) is 4.41. The van der Waals surface area contributed by atoms with E-state index < -0.39 is 8.56 Å². The summed E-state index contributed by atoms with van der Waals surface area (Å²) < 4.78 is 13.6. The van der Waals surface area contributed by atoms with Crippen LogP contribution >= 0.6 is 0 Å². The fourth-order valence-corrected chi connectivity index (χ4v) is 7.62. The van der Waals surface area contributed by atoms with Crippen molar-refractivity contribution in [3.63, 3.8) is 0 Å². The standard InChI is InChI=1S/C30H48O2Si/c1-3-5-7-9-11-12-14-22-28-32-33(29-23-17-15-18-24-29,30-25-19-16-20-26-30)31-27-21-13-10-8-6-4-2/h15-20,23-26H,3-14,21-22,27-28H2,1-2H3. The maximum Gasteiger partial charge on any atom is 0.407 e. The van der Waals surface area contributed by atoms with Gasteiger partial charge in [-0.1, -0.05) is 152 Å². The van der Waals surface area contributed by atoms with Crippen LogP contribution in [0.1, 0.15) is 104 Å². The number of hydrogen-bond donors (Lipinski definition) is 0. The molecular weight excluding hydrogens is 420 g/mol. The number of benzene rings is 2. The zero-order valence-electron chi connectivity index (χ0n) is 21.4. The largest absolute Gasteiger partial charge is 0.407 e. The molecule has 2 aromatic rings. The highest BCUT2D eigenvalue weighted by molar-refractivity contribution is 6.92. The lowest BCUT2D eigenvalue weighted by atomic mass is 10.1. The van der Waals surface area contributed by atoms with Crippen molar-refractivity contribution in [2.45, 2.75) is 104 Å². The van der Waals surface area contributed by atoms with E-state index in [0.717, 1.165) is 26.1 Å². The zero-order valence-corrected chi connectivity index (χ0v) is 22.4. The topological polar surface area (TPSA) is 18.5 Å². The van der Waals surface area contributed by atoms with Crippen LogP contribution in [0.15, 0.2) is 60.7 Å². The lowest BCUT2D eigenvalue weighted by molar-refractivity contribution is 0.184. The Bertz CT molecular complexity index is 649. The van der Waals surface area contributed by atoms with E-state index in [0.29, 0.717) is 0 Å². The van der Waals surface area contributed by atoms with Crippen LogP contribution in [0.25, 0.3) is 0 Å². The van der Waals surface area contributed by atoms with E-state index in [9.17, 15) is 0 Å². The summed E-state index contributed by atoms with van der Waals surface area (Å²) in [5.74, 6) is 0. The van der Waals surface area contributed by atoms with Crippen LogP contribution in [0.3, 0.4) is 0 Å². The third-order valence-electron chi connectivity index (χ3n) is 6.41. The molecule has 0 saturated heterocycles. The summed E-state index contributed by atoms with van der Waals surface area (Å²) in [6.07, 6.45) is 18.1. The Morgan fingerprint density at radius 3 is 1.15 bits per heavy atom. The minimum atomic E-state index is -2.71. The van der Waals surface area contributed by atoms with Crippen LogP contribution in [0.5, 0.6) is 0 Å². The van der Waals surface area contributed by atoms with Gasteiger partial charge in [0.05, 0.1) is 0 Å². The molecule has 0 heterocycles. The van der Waals surface area contributed by atoms with Crippen LogP contribution in [-0.4, -0.2) is 21.8 Å². The fraction of sp³-hybridized carbons (Fsp3) is 0.600. The van der Waals surface area contributed by atoms with E-state index in [1.165, 1.54) is 87.4 Å². The second-order valence-electron chi connectivity index (χ2n) is 9.29. The van der Waals surface area contributed by atoms with E-state index in [1.54, 1.807) is 0 Å². The predicted octanol–water partition coefficient (Wildman–Crippen LogP) is 7.78. The molecule has 0 unspecified atom stereocenters. The van der Waals surface area contributed by atoms with Crippen molar-refractivity contribution in [1.82, 2.24) is 0 Å². The minimum Gasteiger partial charge on any atom is -0.388 e. The van der Waals surface area contributed by atoms with Crippen molar-refractivity contribution in [2.24, 2.45) is 0 Å². The summed E-state index contributed by atoms with van der Waals surface area (Å²) in [6.45, 7) is 6.11. The van der Waals surface area contributed by atoms with E-state index in [-0.39, 0.29) is 0 Å². The minimum absolute atomic E-state index is 0.777. The molecule has 2 aromatic carbocycles. The Labute approximate surface area is 205 Å². The van der Waals surface area contributed by atoms with Gasteiger partial charge in [-0.25, -0.2) is 0 Å².